The van der Waals surface area contributed by atoms with Crippen LogP contribution in [-0.4, -0.2) is 0 Å². The first-order valence-electron chi connectivity index (χ1n) is 4.37. The fourth-order valence-corrected chi connectivity index (χ4v) is 2.11. The molecule has 0 fully saturated rings. The van der Waals surface area contributed by atoms with Crippen molar-refractivity contribution in [2.45, 2.75) is 6.92 Å². The Kier molecular flexibility index (Phi) is 2.17. The number of nitrogens with two attached hydrogens (primary N) is 2. The first-order chi connectivity index (χ1) is 6.66. The number of aryl methyl sites for hydroxylation is 1. The van der Waals surface area contributed by atoms with Crippen LogP contribution in [0.4, 0.5) is 11.4 Å². The van der Waals surface area contributed by atoms with Crippen LogP contribution in [0.3, 0.4) is 0 Å². The molecule has 0 saturated carbocycles. The molecule has 14 heavy (non-hydrogen) atoms. The lowest BCUT2D eigenvalue weighted by atomic mass is 10.1. The summed E-state index contributed by atoms with van der Waals surface area (Å²) in [5.41, 5.74) is 15.3. The SMILES string of the molecule is Cc1cc(-c2cc(N)ccc2N)cs1. The lowest BCUT2D eigenvalue weighted by Gasteiger charge is -2.04. The Hall–Kier alpha value is -1.48. The first-order valence-corrected chi connectivity index (χ1v) is 5.25. The molecule has 4 N–H and O–H groups in total. The van der Waals surface area contributed by atoms with Crippen LogP contribution >= 0.6 is 11.3 Å². The summed E-state index contributed by atoms with van der Waals surface area (Å²) in [6, 6.07) is 7.70. The predicted molar refractivity (Wildman–Crippen MR) is 63.3 cm³/mol. The van der Waals surface area contributed by atoms with E-state index >= 15 is 0 Å². The Balaban J connectivity index is 2.55. The zero-order chi connectivity index (χ0) is 10.1. The van der Waals surface area contributed by atoms with Crippen molar-refractivity contribution < 1.29 is 0 Å². The third-order valence-corrected chi connectivity index (χ3v) is 2.98. The van der Waals surface area contributed by atoms with E-state index in [-0.39, 0.29) is 0 Å². The van der Waals surface area contributed by atoms with Crippen molar-refractivity contribution in [1.82, 2.24) is 0 Å². The van der Waals surface area contributed by atoms with Crippen molar-refractivity contribution in [1.29, 1.82) is 0 Å². The lowest BCUT2D eigenvalue weighted by molar-refractivity contribution is 1.60. The summed E-state index contributed by atoms with van der Waals surface area (Å²) < 4.78 is 0. The fraction of sp³-hybridized carbons (Fsp3) is 0.0909. The topological polar surface area (TPSA) is 52.0 Å². The number of benzene rings is 1. The summed E-state index contributed by atoms with van der Waals surface area (Å²) in [5.74, 6) is 0. The van der Waals surface area contributed by atoms with Crippen LogP contribution in [0.25, 0.3) is 11.1 Å². The molecule has 0 unspecified atom stereocenters. The van der Waals surface area contributed by atoms with Crippen LogP contribution in [-0.2, 0) is 0 Å². The molecule has 1 aromatic heterocycles. The molecule has 0 atom stereocenters. The number of hydrogen-bond donors (Lipinski definition) is 2. The Bertz CT molecular complexity index is 460. The molecular formula is C11H12N2S. The van der Waals surface area contributed by atoms with Crippen LogP contribution in [0.1, 0.15) is 4.88 Å². The summed E-state index contributed by atoms with van der Waals surface area (Å²) in [4.78, 5) is 1.28. The van der Waals surface area contributed by atoms with Crippen molar-refractivity contribution in [3.8, 4) is 11.1 Å². The third kappa shape index (κ3) is 1.59. The van der Waals surface area contributed by atoms with E-state index in [4.69, 9.17) is 11.5 Å². The van der Waals surface area contributed by atoms with Gasteiger partial charge in [-0.15, -0.1) is 11.3 Å². The molecule has 2 aromatic rings. The molecule has 0 spiro atoms. The first kappa shape index (κ1) is 9.09. The molecule has 1 aromatic carbocycles. The molecule has 3 heteroatoms. The molecule has 0 saturated heterocycles. The molecule has 0 aliphatic heterocycles. The maximum atomic E-state index is 5.88. The number of nitrogen functional groups attached to an aromatic ring is 2. The summed E-state index contributed by atoms with van der Waals surface area (Å²) in [6.07, 6.45) is 0. The van der Waals surface area contributed by atoms with Crippen LogP contribution in [0.15, 0.2) is 29.6 Å². The zero-order valence-electron chi connectivity index (χ0n) is 7.95. The lowest BCUT2D eigenvalue weighted by Crippen LogP contribution is -1.91. The van der Waals surface area contributed by atoms with E-state index in [9.17, 15) is 0 Å². The molecule has 72 valence electrons. The quantitative estimate of drug-likeness (QED) is 0.702. The second-order valence-electron chi connectivity index (χ2n) is 3.29. The smallest absolute Gasteiger partial charge is 0.0395 e. The van der Waals surface area contributed by atoms with E-state index in [1.165, 1.54) is 4.88 Å². The highest BCUT2D eigenvalue weighted by molar-refractivity contribution is 7.10. The van der Waals surface area contributed by atoms with Gasteiger partial charge in [-0.3, -0.25) is 0 Å². The summed E-state index contributed by atoms with van der Waals surface area (Å²) in [5, 5.41) is 2.10. The molecule has 0 aliphatic carbocycles. The Morgan fingerprint density at radius 1 is 1.14 bits per heavy atom. The highest BCUT2D eigenvalue weighted by Gasteiger charge is 2.04. The van der Waals surface area contributed by atoms with Crippen molar-refractivity contribution in [2.75, 3.05) is 11.5 Å². The van der Waals surface area contributed by atoms with Crippen LogP contribution in [0.2, 0.25) is 0 Å². The zero-order valence-corrected chi connectivity index (χ0v) is 8.77. The minimum absolute atomic E-state index is 0.748. The van der Waals surface area contributed by atoms with Gasteiger partial charge in [0.15, 0.2) is 0 Å². The van der Waals surface area contributed by atoms with Gasteiger partial charge in [-0.1, -0.05) is 0 Å². The molecule has 1 heterocycles. The largest absolute Gasteiger partial charge is 0.399 e. The molecule has 0 amide bonds. The van der Waals surface area contributed by atoms with E-state index in [2.05, 4.69) is 18.4 Å². The van der Waals surface area contributed by atoms with Gasteiger partial charge in [0.05, 0.1) is 0 Å². The van der Waals surface area contributed by atoms with Crippen molar-refractivity contribution in [2.24, 2.45) is 0 Å². The van der Waals surface area contributed by atoms with Crippen LogP contribution in [0.5, 0.6) is 0 Å². The van der Waals surface area contributed by atoms with Crippen LogP contribution in [0, 0.1) is 6.92 Å². The van der Waals surface area contributed by atoms with Gasteiger partial charge in [-0.2, -0.15) is 0 Å². The molecule has 2 nitrogen and oxygen atoms in total. The van der Waals surface area contributed by atoms with E-state index < -0.39 is 0 Å². The Labute approximate surface area is 87.2 Å². The summed E-state index contributed by atoms with van der Waals surface area (Å²) in [6.45, 7) is 2.08. The Morgan fingerprint density at radius 3 is 2.57 bits per heavy atom. The highest BCUT2D eigenvalue weighted by atomic mass is 32.1. The van der Waals surface area contributed by atoms with Gasteiger partial charge in [0.2, 0.25) is 0 Å². The van der Waals surface area contributed by atoms with Crippen LogP contribution < -0.4 is 11.5 Å². The minimum Gasteiger partial charge on any atom is -0.399 e. The molecule has 0 aliphatic rings. The van der Waals surface area contributed by atoms with Gasteiger partial charge in [0.25, 0.3) is 0 Å². The van der Waals surface area contributed by atoms with E-state index in [0.717, 1.165) is 22.5 Å². The average Bonchev–Trinajstić information content (AvgIpc) is 2.56. The Morgan fingerprint density at radius 2 is 1.93 bits per heavy atom. The number of rotatable bonds is 1. The van der Waals surface area contributed by atoms with E-state index in [0.29, 0.717) is 0 Å². The molecule has 0 bridgehead atoms. The van der Waals surface area contributed by atoms with Gasteiger partial charge >= 0.3 is 0 Å². The predicted octanol–water partition coefficient (Wildman–Crippen LogP) is 2.89. The third-order valence-electron chi connectivity index (χ3n) is 2.12. The van der Waals surface area contributed by atoms with Gasteiger partial charge in [-0.25, -0.2) is 0 Å². The van der Waals surface area contributed by atoms with E-state index in [1.54, 1.807) is 11.3 Å². The molecule has 0 radical (unpaired) electrons. The van der Waals surface area contributed by atoms with Crippen molar-refractivity contribution >= 4 is 22.7 Å². The van der Waals surface area contributed by atoms with Gasteiger partial charge < -0.3 is 11.5 Å². The van der Waals surface area contributed by atoms with Gasteiger partial charge in [0.1, 0.15) is 0 Å². The van der Waals surface area contributed by atoms with Gasteiger partial charge in [0, 0.05) is 21.8 Å². The standard InChI is InChI=1S/C11H12N2S/c1-7-4-8(6-14-7)10-5-9(12)2-3-11(10)13/h2-6H,12-13H2,1H3. The monoisotopic (exact) mass is 204 g/mol. The molecule has 2 rings (SSSR count). The minimum atomic E-state index is 0.748. The summed E-state index contributed by atoms with van der Waals surface area (Å²) >= 11 is 1.72. The van der Waals surface area contributed by atoms with Crippen molar-refractivity contribution in [3.05, 3.63) is 34.5 Å². The highest BCUT2D eigenvalue weighted by Crippen LogP contribution is 2.31. The second-order valence-corrected chi connectivity index (χ2v) is 4.41. The number of thiophene rings is 1. The number of anilines is 2. The number of hydrogen-bond acceptors (Lipinski definition) is 3. The maximum Gasteiger partial charge on any atom is 0.0395 e. The second kappa shape index (κ2) is 3.35. The van der Waals surface area contributed by atoms with Gasteiger partial charge in [-0.05, 0) is 42.1 Å². The summed E-state index contributed by atoms with van der Waals surface area (Å²) in [7, 11) is 0. The fourth-order valence-electron chi connectivity index (χ4n) is 1.41. The van der Waals surface area contributed by atoms with Crippen molar-refractivity contribution in [3.63, 3.8) is 0 Å². The normalized spacial score (nSPS) is 10.4. The van der Waals surface area contributed by atoms with E-state index in [1.807, 2.05) is 18.2 Å². The average molecular weight is 204 g/mol. The molecular weight excluding hydrogens is 192 g/mol. The maximum absolute atomic E-state index is 5.88.